The summed E-state index contributed by atoms with van der Waals surface area (Å²) < 4.78 is 7.26. The van der Waals surface area contributed by atoms with Crippen LogP contribution in [0.1, 0.15) is 23.2 Å². The summed E-state index contributed by atoms with van der Waals surface area (Å²) in [6.07, 6.45) is 4.53. The summed E-state index contributed by atoms with van der Waals surface area (Å²) in [5.41, 5.74) is 3.39. The van der Waals surface area contributed by atoms with E-state index in [4.69, 9.17) is 4.74 Å². The van der Waals surface area contributed by atoms with Crippen LogP contribution in [0.4, 0.5) is 0 Å². The highest BCUT2D eigenvalue weighted by molar-refractivity contribution is 5.48. The molecule has 5 nitrogen and oxygen atoms in total. The number of hydrogen-bond donors (Lipinski definition) is 1. The van der Waals surface area contributed by atoms with E-state index in [2.05, 4.69) is 10.1 Å². The van der Waals surface area contributed by atoms with Crippen molar-refractivity contribution >= 4 is 5.65 Å². The fourth-order valence-electron chi connectivity index (χ4n) is 2.82. The van der Waals surface area contributed by atoms with Crippen LogP contribution >= 0.6 is 0 Å². The number of benzene rings is 1. The molecule has 0 unspecified atom stereocenters. The van der Waals surface area contributed by atoms with Crippen molar-refractivity contribution in [3.8, 4) is 5.75 Å². The Bertz CT molecular complexity index is 849. The fraction of sp³-hybridized carbons (Fsp3) is 0.250. The number of ether oxygens (including phenoxy) is 1. The van der Waals surface area contributed by atoms with Gasteiger partial charge in [0.15, 0.2) is 5.65 Å². The quantitative estimate of drug-likeness (QED) is 0.799. The van der Waals surface area contributed by atoms with Crippen molar-refractivity contribution in [2.75, 3.05) is 0 Å². The second-order valence-corrected chi connectivity index (χ2v) is 5.26. The smallest absolute Gasteiger partial charge is 0.276 e. The van der Waals surface area contributed by atoms with Gasteiger partial charge in [-0.3, -0.25) is 9.89 Å². The molecule has 0 fully saturated rings. The highest BCUT2D eigenvalue weighted by Crippen LogP contribution is 2.19. The van der Waals surface area contributed by atoms with Gasteiger partial charge in [-0.2, -0.15) is 0 Å². The Morgan fingerprint density at radius 2 is 2.10 bits per heavy atom. The fourth-order valence-corrected chi connectivity index (χ4v) is 2.82. The maximum Gasteiger partial charge on any atom is 0.276 e. The Labute approximate surface area is 121 Å². The third-order valence-electron chi connectivity index (χ3n) is 3.90. The van der Waals surface area contributed by atoms with Gasteiger partial charge in [-0.05, 0) is 31.4 Å². The third kappa shape index (κ3) is 2.01. The Morgan fingerprint density at radius 1 is 1.24 bits per heavy atom. The molecule has 1 N–H and O–H groups in total. The SMILES string of the molecule is O=c1c2c(nc3c(COc4ccccc4)c[nH]n13)CCC2. The van der Waals surface area contributed by atoms with Crippen LogP contribution in [0, 0.1) is 0 Å². The summed E-state index contributed by atoms with van der Waals surface area (Å²) in [6, 6.07) is 9.63. The van der Waals surface area contributed by atoms with E-state index < -0.39 is 0 Å². The molecule has 106 valence electrons. The molecule has 0 saturated carbocycles. The first-order valence-corrected chi connectivity index (χ1v) is 7.11. The Hall–Kier alpha value is -2.56. The molecule has 1 aliphatic rings. The van der Waals surface area contributed by atoms with Gasteiger partial charge in [-0.25, -0.2) is 9.50 Å². The van der Waals surface area contributed by atoms with Crippen molar-refractivity contribution in [3.05, 3.63) is 63.7 Å². The number of fused-ring (bicyclic) bond motifs is 2. The average Bonchev–Trinajstić information content (AvgIpc) is 3.14. The first-order valence-electron chi connectivity index (χ1n) is 7.11. The molecule has 5 heteroatoms. The van der Waals surface area contributed by atoms with Crippen molar-refractivity contribution in [2.24, 2.45) is 0 Å². The van der Waals surface area contributed by atoms with Crippen LogP contribution in [0.3, 0.4) is 0 Å². The van der Waals surface area contributed by atoms with Gasteiger partial charge in [0.25, 0.3) is 5.56 Å². The van der Waals surface area contributed by atoms with Gasteiger partial charge in [-0.15, -0.1) is 0 Å². The Balaban J connectivity index is 1.70. The van der Waals surface area contributed by atoms with Crippen LogP contribution in [-0.2, 0) is 19.4 Å². The van der Waals surface area contributed by atoms with Gasteiger partial charge in [0.05, 0.1) is 11.3 Å². The second-order valence-electron chi connectivity index (χ2n) is 5.26. The maximum absolute atomic E-state index is 12.4. The molecule has 4 rings (SSSR count). The number of aromatic amines is 1. The number of rotatable bonds is 3. The van der Waals surface area contributed by atoms with E-state index in [0.717, 1.165) is 41.8 Å². The van der Waals surface area contributed by atoms with Crippen molar-refractivity contribution in [1.29, 1.82) is 0 Å². The van der Waals surface area contributed by atoms with Crippen molar-refractivity contribution < 1.29 is 4.74 Å². The first-order chi connectivity index (χ1) is 10.3. The van der Waals surface area contributed by atoms with Crippen molar-refractivity contribution in [1.82, 2.24) is 14.6 Å². The van der Waals surface area contributed by atoms with Gasteiger partial charge in [-0.1, -0.05) is 18.2 Å². The van der Waals surface area contributed by atoms with Crippen LogP contribution in [0.25, 0.3) is 5.65 Å². The number of para-hydroxylation sites is 1. The molecule has 0 aliphatic heterocycles. The lowest BCUT2D eigenvalue weighted by atomic mass is 10.2. The molecular formula is C16H15N3O2. The number of aryl methyl sites for hydroxylation is 1. The van der Waals surface area contributed by atoms with E-state index in [9.17, 15) is 4.79 Å². The zero-order valence-corrected chi connectivity index (χ0v) is 11.5. The van der Waals surface area contributed by atoms with E-state index in [-0.39, 0.29) is 5.56 Å². The first kappa shape index (κ1) is 12.2. The molecule has 1 aromatic carbocycles. The molecule has 21 heavy (non-hydrogen) atoms. The summed E-state index contributed by atoms with van der Waals surface area (Å²) in [5.74, 6) is 0.806. The van der Waals surface area contributed by atoms with Crippen LogP contribution in [0.5, 0.6) is 5.75 Å². The van der Waals surface area contributed by atoms with E-state index in [1.54, 1.807) is 6.20 Å². The lowest BCUT2D eigenvalue weighted by Gasteiger charge is -2.05. The third-order valence-corrected chi connectivity index (χ3v) is 3.90. The zero-order chi connectivity index (χ0) is 14.2. The van der Waals surface area contributed by atoms with Crippen LogP contribution in [0.15, 0.2) is 41.3 Å². The lowest BCUT2D eigenvalue weighted by molar-refractivity contribution is 0.307. The molecule has 0 radical (unpaired) electrons. The van der Waals surface area contributed by atoms with Crippen molar-refractivity contribution in [3.63, 3.8) is 0 Å². The maximum atomic E-state index is 12.4. The molecular weight excluding hydrogens is 266 g/mol. The molecule has 2 aromatic heterocycles. The topological polar surface area (TPSA) is 59.4 Å². The number of aromatic nitrogens is 3. The van der Waals surface area contributed by atoms with Gasteiger partial charge in [0.1, 0.15) is 12.4 Å². The summed E-state index contributed by atoms with van der Waals surface area (Å²) in [6.45, 7) is 0.391. The second kappa shape index (κ2) is 4.77. The van der Waals surface area contributed by atoms with Gasteiger partial charge in [0.2, 0.25) is 0 Å². The number of nitrogens with zero attached hydrogens (tertiary/aromatic N) is 2. The molecule has 0 saturated heterocycles. The van der Waals surface area contributed by atoms with E-state index in [0.29, 0.717) is 12.3 Å². The predicted molar refractivity (Wildman–Crippen MR) is 78.6 cm³/mol. The van der Waals surface area contributed by atoms with Crippen LogP contribution in [0.2, 0.25) is 0 Å². The summed E-state index contributed by atoms with van der Waals surface area (Å²) in [5, 5.41) is 2.98. The standard InChI is InChI=1S/C16H15N3O2/c20-16-13-7-4-8-14(13)18-15-11(9-17-19(15)16)10-21-12-5-2-1-3-6-12/h1-3,5-6,9,17H,4,7-8,10H2. The monoisotopic (exact) mass is 281 g/mol. The Morgan fingerprint density at radius 3 is 2.95 bits per heavy atom. The lowest BCUT2D eigenvalue weighted by Crippen LogP contribution is -2.20. The highest BCUT2D eigenvalue weighted by atomic mass is 16.5. The molecule has 0 bridgehead atoms. The van der Waals surface area contributed by atoms with Crippen molar-refractivity contribution in [2.45, 2.75) is 25.9 Å². The minimum Gasteiger partial charge on any atom is -0.489 e. The predicted octanol–water partition coefficient (Wildman–Crippen LogP) is 2.09. The normalized spacial score (nSPS) is 13.5. The summed E-state index contributed by atoms with van der Waals surface area (Å²) in [7, 11) is 0. The number of nitrogens with one attached hydrogen (secondary N) is 1. The van der Waals surface area contributed by atoms with Gasteiger partial charge >= 0.3 is 0 Å². The molecule has 1 aliphatic carbocycles. The molecule has 0 spiro atoms. The van der Waals surface area contributed by atoms with Gasteiger partial charge < -0.3 is 4.74 Å². The number of hydrogen-bond acceptors (Lipinski definition) is 3. The average molecular weight is 281 g/mol. The summed E-state index contributed by atoms with van der Waals surface area (Å²) >= 11 is 0. The summed E-state index contributed by atoms with van der Waals surface area (Å²) in [4.78, 5) is 17.0. The largest absolute Gasteiger partial charge is 0.489 e. The van der Waals surface area contributed by atoms with E-state index >= 15 is 0 Å². The minimum absolute atomic E-state index is 0.0264. The molecule has 2 heterocycles. The highest BCUT2D eigenvalue weighted by Gasteiger charge is 2.20. The Kier molecular flexibility index (Phi) is 2.77. The minimum atomic E-state index is 0.0264. The van der Waals surface area contributed by atoms with Crippen LogP contribution < -0.4 is 10.3 Å². The number of H-pyrrole nitrogens is 1. The van der Waals surface area contributed by atoms with E-state index in [1.165, 1.54) is 4.52 Å². The molecule has 0 amide bonds. The molecule has 0 atom stereocenters. The van der Waals surface area contributed by atoms with Crippen LogP contribution in [-0.4, -0.2) is 14.6 Å². The zero-order valence-electron chi connectivity index (χ0n) is 11.5. The van der Waals surface area contributed by atoms with Gasteiger partial charge in [0, 0.05) is 11.8 Å². The molecule has 3 aromatic rings. The van der Waals surface area contributed by atoms with E-state index in [1.807, 2.05) is 30.3 Å².